The molecule has 4 aromatic rings. The van der Waals surface area contributed by atoms with Crippen LogP contribution in [0.1, 0.15) is 40.9 Å². The number of aromatic nitrogens is 2. The number of amides is 1. The molecule has 1 atom stereocenters. The van der Waals surface area contributed by atoms with Crippen molar-refractivity contribution in [2.75, 3.05) is 39.5 Å². The number of hydrogen-bond donors (Lipinski definition) is 2. The molecule has 1 unspecified atom stereocenters. The Morgan fingerprint density at radius 2 is 1.76 bits per heavy atom. The van der Waals surface area contributed by atoms with Crippen molar-refractivity contribution in [1.29, 1.82) is 5.41 Å². The van der Waals surface area contributed by atoms with Gasteiger partial charge in [-0.15, -0.1) is 0 Å². The maximum absolute atomic E-state index is 14.8. The molecule has 0 bridgehead atoms. The van der Waals surface area contributed by atoms with Gasteiger partial charge in [-0.05, 0) is 69.0 Å². The quantitative estimate of drug-likeness (QED) is 0.191. The lowest BCUT2D eigenvalue weighted by Crippen LogP contribution is -2.44. The number of fused-ring (bicyclic) bond motifs is 3. The summed E-state index contributed by atoms with van der Waals surface area (Å²) in [6.07, 6.45) is 2.57. The van der Waals surface area contributed by atoms with Gasteiger partial charge < -0.3 is 15.1 Å². The first-order valence-corrected chi connectivity index (χ1v) is 14.8. The van der Waals surface area contributed by atoms with E-state index in [4.69, 9.17) is 22.0 Å². The van der Waals surface area contributed by atoms with Gasteiger partial charge in [-0.3, -0.25) is 20.1 Å². The minimum absolute atomic E-state index is 0. The molecular formula is C34H35ClF2N8O. The number of carbonyl (C=O) groups excluding carboxylic acids is 1. The van der Waals surface area contributed by atoms with Crippen molar-refractivity contribution >= 4 is 40.8 Å². The lowest BCUT2D eigenvalue weighted by Gasteiger charge is -2.27. The van der Waals surface area contributed by atoms with Gasteiger partial charge in [-0.25, -0.2) is 18.7 Å². The molecule has 6 rings (SSSR count). The maximum atomic E-state index is 14.8. The number of guanidine groups is 1. The van der Waals surface area contributed by atoms with Gasteiger partial charge in [0.15, 0.2) is 0 Å². The Morgan fingerprint density at radius 3 is 2.43 bits per heavy atom. The first kappa shape index (κ1) is 32.6. The van der Waals surface area contributed by atoms with E-state index in [1.54, 1.807) is 55.7 Å². The Labute approximate surface area is 272 Å². The van der Waals surface area contributed by atoms with Gasteiger partial charge in [0.25, 0.3) is 5.91 Å². The highest BCUT2D eigenvalue weighted by atomic mass is 35.5. The zero-order valence-electron chi connectivity index (χ0n) is 25.0. The number of aliphatic imine (C=N–C) groups is 1. The third kappa shape index (κ3) is 6.33. The van der Waals surface area contributed by atoms with Crippen molar-refractivity contribution < 1.29 is 13.6 Å². The number of nitrogens with one attached hydrogen (secondary N) is 2. The van der Waals surface area contributed by atoms with Crippen LogP contribution in [0.3, 0.4) is 0 Å². The predicted molar refractivity (Wildman–Crippen MR) is 178 cm³/mol. The normalized spacial score (nSPS) is 15.3. The van der Waals surface area contributed by atoms with Crippen molar-refractivity contribution in [3.05, 3.63) is 106 Å². The summed E-state index contributed by atoms with van der Waals surface area (Å²) in [6.45, 7) is 1.55. The Hall–Kier alpha value is -4.74. The SMILES string of the molecule is C.CN(C(=N)N1CCC(N(C)C)C1)C(=O)c1ccc(Nc2ncc3c(n2)-c2ccc(Cl)cc2C(c2c(F)cccc2F)=NC3)cc1. The molecule has 2 aliphatic heterocycles. The second kappa shape index (κ2) is 13.3. The summed E-state index contributed by atoms with van der Waals surface area (Å²) in [4.78, 5) is 32.3. The van der Waals surface area contributed by atoms with Crippen molar-refractivity contribution in [3.8, 4) is 11.3 Å². The summed E-state index contributed by atoms with van der Waals surface area (Å²) in [7, 11) is 5.66. The van der Waals surface area contributed by atoms with Crippen LogP contribution in [-0.2, 0) is 6.54 Å². The van der Waals surface area contributed by atoms with Crippen LogP contribution in [0, 0.1) is 17.0 Å². The van der Waals surface area contributed by atoms with Gasteiger partial charge in [0.1, 0.15) is 11.6 Å². The highest BCUT2D eigenvalue weighted by Crippen LogP contribution is 2.35. The third-order valence-corrected chi connectivity index (χ3v) is 8.40. The van der Waals surface area contributed by atoms with E-state index in [0.29, 0.717) is 51.2 Å². The van der Waals surface area contributed by atoms with Crippen LogP contribution in [0.2, 0.25) is 5.02 Å². The molecule has 238 valence electrons. The molecule has 1 amide bonds. The molecule has 3 aromatic carbocycles. The predicted octanol–water partition coefficient (Wildman–Crippen LogP) is 6.45. The molecule has 2 aliphatic rings. The van der Waals surface area contributed by atoms with E-state index in [1.807, 2.05) is 19.0 Å². The number of nitrogens with zero attached hydrogens (tertiary/aromatic N) is 6. The Morgan fingerprint density at radius 1 is 1.04 bits per heavy atom. The van der Waals surface area contributed by atoms with E-state index < -0.39 is 11.6 Å². The van der Waals surface area contributed by atoms with E-state index in [9.17, 15) is 13.6 Å². The topological polar surface area (TPSA) is 101 Å². The second-order valence-corrected chi connectivity index (χ2v) is 11.7. The number of halogens is 3. The molecule has 3 heterocycles. The molecule has 0 aliphatic carbocycles. The van der Waals surface area contributed by atoms with E-state index in [1.165, 1.54) is 23.1 Å². The van der Waals surface area contributed by atoms with Crippen molar-refractivity contribution in [2.45, 2.75) is 26.4 Å². The van der Waals surface area contributed by atoms with Crippen LogP contribution in [-0.4, -0.2) is 82.5 Å². The first-order valence-electron chi connectivity index (χ1n) is 14.4. The molecular weight excluding hydrogens is 610 g/mol. The molecule has 1 aromatic heterocycles. The van der Waals surface area contributed by atoms with Crippen LogP contribution in [0.4, 0.5) is 20.4 Å². The van der Waals surface area contributed by atoms with Crippen molar-refractivity contribution in [2.24, 2.45) is 4.99 Å². The maximum Gasteiger partial charge on any atom is 0.260 e. The van der Waals surface area contributed by atoms with E-state index >= 15 is 0 Å². The molecule has 1 saturated heterocycles. The average Bonchev–Trinajstić information content (AvgIpc) is 3.48. The van der Waals surface area contributed by atoms with Crippen LogP contribution >= 0.6 is 11.6 Å². The van der Waals surface area contributed by atoms with Crippen LogP contribution in [0.5, 0.6) is 0 Å². The van der Waals surface area contributed by atoms with Gasteiger partial charge >= 0.3 is 0 Å². The molecule has 0 saturated carbocycles. The Kier molecular flexibility index (Phi) is 9.45. The highest BCUT2D eigenvalue weighted by Gasteiger charge is 2.29. The van der Waals surface area contributed by atoms with Crippen LogP contribution in [0.15, 0.2) is 71.9 Å². The number of hydrogen-bond acceptors (Lipinski definition) is 7. The number of carbonyl (C=O) groups is 1. The standard InChI is InChI=1S/C33H31ClF2N8O.CH4/c1-42(2)23-13-14-44(18-23)32(37)43(3)31(45)19-7-10-22(11-8-19)40-33-39-17-20-16-38-30(28-26(35)5-4-6-27(28)36)25-15-21(34)9-12-24(25)29(20)41-33;/h4-12,15,17,23,37H,13-14,16,18H2,1-3H3,(H,39,40,41);1H4. The second-order valence-electron chi connectivity index (χ2n) is 11.3. The third-order valence-electron chi connectivity index (χ3n) is 8.17. The van der Waals surface area contributed by atoms with Crippen LogP contribution < -0.4 is 5.32 Å². The summed E-state index contributed by atoms with van der Waals surface area (Å²) in [6, 6.07) is 16.0. The number of benzene rings is 3. The molecule has 12 heteroatoms. The van der Waals surface area contributed by atoms with Crippen molar-refractivity contribution in [3.63, 3.8) is 0 Å². The first-order chi connectivity index (χ1) is 21.6. The summed E-state index contributed by atoms with van der Waals surface area (Å²) in [5.74, 6) is -1.26. The molecule has 0 radical (unpaired) electrons. The molecule has 9 nitrogen and oxygen atoms in total. The van der Waals surface area contributed by atoms with E-state index in [-0.39, 0.29) is 43.1 Å². The zero-order valence-corrected chi connectivity index (χ0v) is 25.7. The summed E-state index contributed by atoms with van der Waals surface area (Å²) >= 11 is 6.32. The molecule has 46 heavy (non-hydrogen) atoms. The molecule has 0 spiro atoms. The fraction of sp³-hybridized carbons (Fsp3) is 0.265. The highest BCUT2D eigenvalue weighted by molar-refractivity contribution is 6.31. The van der Waals surface area contributed by atoms with E-state index in [2.05, 4.69) is 20.2 Å². The fourth-order valence-corrected chi connectivity index (χ4v) is 5.78. The van der Waals surface area contributed by atoms with Crippen LogP contribution in [0.25, 0.3) is 11.3 Å². The molecule has 1 fully saturated rings. The monoisotopic (exact) mass is 644 g/mol. The van der Waals surface area contributed by atoms with Gasteiger partial charge in [0.05, 0.1) is 23.5 Å². The van der Waals surface area contributed by atoms with Gasteiger partial charge in [0, 0.05) is 65.3 Å². The number of rotatable bonds is 5. The van der Waals surface area contributed by atoms with Gasteiger partial charge in [0.2, 0.25) is 11.9 Å². The minimum atomic E-state index is -0.724. The average molecular weight is 645 g/mol. The lowest BCUT2D eigenvalue weighted by molar-refractivity contribution is 0.0856. The number of likely N-dealkylation sites (tertiary alicyclic amines) is 1. The summed E-state index contributed by atoms with van der Waals surface area (Å²) in [5.41, 5.74) is 3.31. The Balaban J connectivity index is 0.00000417. The smallest absolute Gasteiger partial charge is 0.260 e. The largest absolute Gasteiger partial charge is 0.341 e. The number of likely N-dealkylation sites (N-methyl/N-ethyl adjacent to an activating group) is 1. The van der Waals surface area contributed by atoms with Crippen molar-refractivity contribution in [1.82, 2.24) is 24.7 Å². The van der Waals surface area contributed by atoms with Gasteiger partial charge in [-0.1, -0.05) is 31.2 Å². The van der Waals surface area contributed by atoms with Gasteiger partial charge in [-0.2, -0.15) is 0 Å². The van der Waals surface area contributed by atoms with E-state index in [0.717, 1.165) is 13.0 Å². The minimum Gasteiger partial charge on any atom is -0.341 e. The fourth-order valence-electron chi connectivity index (χ4n) is 5.60. The summed E-state index contributed by atoms with van der Waals surface area (Å²) < 4.78 is 29.7. The Bertz CT molecular complexity index is 1810. The lowest BCUT2D eigenvalue weighted by atomic mass is 9.95. The number of anilines is 2. The summed E-state index contributed by atoms with van der Waals surface area (Å²) in [5, 5.41) is 12.1. The molecule has 2 N–H and O–H groups in total. The zero-order chi connectivity index (χ0) is 31.8.